The molecule has 1 saturated heterocycles. The van der Waals surface area contributed by atoms with Crippen LogP contribution in [0.4, 0.5) is 5.13 Å². The lowest BCUT2D eigenvalue weighted by molar-refractivity contribution is -0.111. The van der Waals surface area contributed by atoms with Crippen molar-refractivity contribution in [3.63, 3.8) is 0 Å². The first-order valence-electron chi connectivity index (χ1n) is 9.41. The molecule has 148 valence electrons. The smallest absolute Gasteiger partial charge is 0.337 e. The first kappa shape index (κ1) is 20.2. The van der Waals surface area contributed by atoms with E-state index in [-0.39, 0.29) is 11.9 Å². The highest BCUT2D eigenvalue weighted by atomic mass is 32.1. The van der Waals surface area contributed by atoms with E-state index in [4.69, 9.17) is 0 Å². The minimum atomic E-state index is -0.383. The number of anilines is 1. The molecule has 0 spiro atoms. The molecule has 28 heavy (non-hydrogen) atoms. The van der Waals surface area contributed by atoms with Crippen molar-refractivity contribution in [3.05, 3.63) is 52.5 Å². The summed E-state index contributed by atoms with van der Waals surface area (Å²) in [7, 11) is 1.34. The minimum Gasteiger partial charge on any atom is -0.465 e. The van der Waals surface area contributed by atoms with Gasteiger partial charge in [-0.05, 0) is 50.1 Å². The van der Waals surface area contributed by atoms with E-state index in [1.807, 2.05) is 6.20 Å². The summed E-state index contributed by atoms with van der Waals surface area (Å²) in [5.41, 5.74) is 1.30. The molecule has 2 heterocycles. The molecule has 0 bridgehead atoms. The molecular weight excluding hydrogens is 374 g/mol. The molecule has 3 rings (SSSR count). The van der Waals surface area contributed by atoms with Crippen molar-refractivity contribution in [1.29, 1.82) is 0 Å². The number of nitrogens with zero attached hydrogens (tertiary/aromatic N) is 2. The van der Waals surface area contributed by atoms with Crippen molar-refractivity contribution < 1.29 is 14.3 Å². The Hall–Kier alpha value is -2.51. The number of hydrogen-bond donors (Lipinski definition) is 1. The molecule has 2 aromatic rings. The molecule has 1 aliphatic heterocycles. The maximum Gasteiger partial charge on any atom is 0.337 e. The van der Waals surface area contributed by atoms with E-state index in [2.05, 4.69) is 26.9 Å². The van der Waals surface area contributed by atoms with E-state index < -0.39 is 0 Å². The quantitative estimate of drug-likeness (QED) is 0.588. The van der Waals surface area contributed by atoms with E-state index in [1.54, 1.807) is 30.3 Å². The Morgan fingerprint density at radius 1 is 1.32 bits per heavy atom. The summed E-state index contributed by atoms with van der Waals surface area (Å²) in [6.07, 6.45) is 8.80. The van der Waals surface area contributed by atoms with Crippen LogP contribution in [0.25, 0.3) is 6.08 Å². The minimum absolute atomic E-state index is 0.232. The Morgan fingerprint density at radius 3 is 2.82 bits per heavy atom. The number of piperidine rings is 1. The fraction of sp³-hybridized carbons (Fsp3) is 0.381. The molecule has 0 radical (unpaired) electrons. The molecule has 1 fully saturated rings. The molecule has 0 aliphatic carbocycles. The van der Waals surface area contributed by atoms with Crippen LogP contribution in [0.2, 0.25) is 0 Å². The van der Waals surface area contributed by atoms with Gasteiger partial charge in [-0.15, -0.1) is 11.3 Å². The van der Waals surface area contributed by atoms with Crippen molar-refractivity contribution in [3.8, 4) is 0 Å². The molecule has 6 nitrogen and oxygen atoms in total. The van der Waals surface area contributed by atoms with Crippen LogP contribution in [0.5, 0.6) is 0 Å². The predicted octanol–water partition coefficient (Wildman–Crippen LogP) is 3.96. The van der Waals surface area contributed by atoms with Crippen molar-refractivity contribution in [2.45, 2.75) is 38.8 Å². The second-order valence-corrected chi connectivity index (χ2v) is 8.00. The van der Waals surface area contributed by atoms with Gasteiger partial charge in [0.1, 0.15) is 0 Å². The van der Waals surface area contributed by atoms with Crippen LogP contribution in [-0.4, -0.2) is 41.5 Å². The summed E-state index contributed by atoms with van der Waals surface area (Å²) >= 11 is 1.52. The number of amides is 1. The van der Waals surface area contributed by atoms with Crippen molar-refractivity contribution in [2.24, 2.45) is 0 Å². The number of likely N-dealkylation sites (tertiary alicyclic amines) is 1. The molecule has 0 saturated carbocycles. The fourth-order valence-corrected chi connectivity index (χ4v) is 4.04. The van der Waals surface area contributed by atoms with Crippen molar-refractivity contribution in [1.82, 2.24) is 9.88 Å². The van der Waals surface area contributed by atoms with E-state index in [0.29, 0.717) is 16.7 Å². The summed E-state index contributed by atoms with van der Waals surface area (Å²) in [5.74, 6) is -0.615. The second kappa shape index (κ2) is 9.61. The first-order valence-corrected chi connectivity index (χ1v) is 10.2. The molecule has 1 aromatic carbocycles. The number of methoxy groups -OCH3 is 1. The molecule has 1 atom stereocenters. The van der Waals surface area contributed by atoms with Crippen LogP contribution in [0.1, 0.15) is 47.0 Å². The SMILES string of the molecule is COC(=O)c1ccc(/C=C/C(=O)Nc2ncc(CN3CCCCC3C)s2)cc1. The molecule has 1 aromatic heterocycles. The lowest BCUT2D eigenvalue weighted by Gasteiger charge is -2.32. The largest absolute Gasteiger partial charge is 0.465 e. The van der Waals surface area contributed by atoms with Crippen molar-refractivity contribution in [2.75, 3.05) is 19.0 Å². The van der Waals surface area contributed by atoms with Crippen LogP contribution in [0.15, 0.2) is 36.5 Å². The number of hydrogen-bond acceptors (Lipinski definition) is 6. The maximum atomic E-state index is 12.1. The Kier molecular flexibility index (Phi) is 6.95. The number of benzene rings is 1. The van der Waals surface area contributed by atoms with E-state index in [9.17, 15) is 9.59 Å². The number of thiazole rings is 1. The second-order valence-electron chi connectivity index (χ2n) is 6.88. The van der Waals surface area contributed by atoms with E-state index in [1.165, 1.54) is 43.8 Å². The van der Waals surface area contributed by atoms with Crippen LogP contribution in [0.3, 0.4) is 0 Å². The fourth-order valence-electron chi connectivity index (χ4n) is 3.20. The Morgan fingerprint density at radius 2 is 2.11 bits per heavy atom. The molecular formula is C21H25N3O3S. The van der Waals surface area contributed by atoms with Gasteiger partial charge in [-0.1, -0.05) is 18.6 Å². The first-order chi connectivity index (χ1) is 13.5. The summed E-state index contributed by atoms with van der Waals surface area (Å²) in [4.78, 5) is 31.5. The number of nitrogens with one attached hydrogen (secondary N) is 1. The zero-order chi connectivity index (χ0) is 19.9. The van der Waals surface area contributed by atoms with Crippen LogP contribution >= 0.6 is 11.3 Å². The van der Waals surface area contributed by atoms with Gasteiger partial charge in [0.05, 0.1) is 12.7 Å². The van der Waals surface area contributed by atoms with Gasteiger partial charge in [0.25, 0.3) is 0 Å². The highest BCUT2D eigenvalue weighted by Crippen LogP contribution is 2.24. The lowest BCUT2D eigenvalue weighted by Crippen LogP contribution is -2.36. The third kappa shape index (κ3) is 5.50. The number of carbonyl (C=O) groups is 2. The average molecular weight is 400 g/mol. The summed E-state index contributed by atoms with van der Waals surface area (Å²) in [6, 6.07) is 7.45. The Balaban J connectivity index is 1.52. The zero-order valence-corrected chi connectivity index (χ0v) is 17.0. The summed E-state index contributed by atoms with van der Waals surface area (Å²) in [6.45, 7) is 4.28. The van der Waals surface area contributed by atoms with Crippen LogP contribution in [0, 0.1) is 0 Å². The topological polar surface area (TPSA) is 71.5 Å². The highest BCUT2D eigenvalue weighted by Gasteiger charge is 2.19. The van der Waals surface area contributed by atoms with Gasteiger partial charge >= 0.3 is 5.97 Å². The van der Waals surface area contributed by atoms with Gasteiger partial charge in [-0.3, -0.25) is 15.0 Å². The number of aromatic nitrogens is 1. The highest BCUT2D eigenvalue weighted by molar-refractivity contribution is 7.15. The number of ether oxygens (including phenoxy) is 1. The third-order valence-corrected chi connectivity index (χ3v) is 5.74. The van der Waals surface area contributed by atoms with Crippen LogP contribution < -0.4 is 5.32 Å². The van der Waals surface area contributed by atoms with Gasteiger partial charge in [0.2, 0.25) is 5.91 Å². The summed E-state index contributed by atoms with van der Waals surface area (Å²) < 4.78 is 4.67. The Labute approximate surface area is 169 Å². The van der Waals surface area contributed by atoms with Gasteiger partial charge in [0.15, 0.2) is 5.13 Å². The lowest BCUT2D eigenvalue weighted by atomic mass is 10.0. The number of rotatable bonds is 6. The maximum absolute atomic E-state index is 12.1. The molecule has 1 N–H and O–H groups in total. The third-order valence-electron chi connectivity index (χ3n) is 4.84. The Bertz CT molecular complexity index is 845. The van der Waals surface area contributed by atoms with Gasteiger partial charge < -0.3 is 4.74 Å². The number of carbonyl (C=O) groups excluding carboxylic acids is 2. The predicted molar refractivity (Wildman–Crippen MR) is 111 cm³/mol. The van der Waals surface area contributed by atoms with Gasteiger partial charge in [-0.25, -0.2) is 9.78 Å². The monoisotopic (exact) mass is 399 g/mol. The standard InChI is InChI=1S/C21H25N3O3S/c1-15-5-3-4-12-24(15)14-18-13-22-21(28-18)23-19(25)11-8-16-6-9-17(10-7-16)20(26)27-2/h6-11,13,15H,3-5,12,14H2,1-2H3,(H,22,23,25)/b11-8+. The van der Waals surface area contributed by atoms with Gasteiger partial charge in [0, 0.05) is 29.7 Å². The molecule has 7 heteroatoms. The normalized spacial score (nSPS) is 17.6. The van der Waals surface area contributed by atoms with E-state index in [0.717, 1.165) is 23.5 Å². The molecule has 1 amide bonds. The number of esters is 1. The average Bonchev–Trinajstić information content (AvgIpc) is 3.14. The zero-order valence-electron chi connectivity index (χ0n) is 16.2. The molecule has 1 unspecified atom stereocenters. The van der Waals surface area contributed by atoms with Crippen molar-refractivity contribution >= 4 is 34.4 Å². The van der Waals surface area contributed by atoms with E-state index >= 15 is 0 Å². The van der Waals surface area contributed by atoms with Crippen LogP contribution in [-0.2, 0) is 16.1 Å². The summed E-state index contributed by atoms with van der Waals surface area (Å²) in [5, 5.41) is 3.42. The molecule has 1 aliphatic rings. The van der Waals surface area contributed by atoms with Gasteiger partial charge in [-0.2, -0.15) is 0 Å².